The summed E-state index contributed by atoms with van der Waals surface area (Å²) >= 11 is 6.19. The van der Waals surface area contributed by atoms with Gasteiger partial charge in [0.15, 0.2) is 12.1 Å². The average Bonchev–Trinajstić information content (AvgIpc) is 3.47. The standard InChI is InChI=1S/C21H17ClN6O3/c1-2-12-7-9-13(10-8-12)28-20(29)17-18(21(28)30)27(26-24-17)11-16-23-19(25-31-16)14-5-3-4-6-15(14)22/h3-10,17-18H,2,11H2,1H3. The Hall–Kier alpha value is -3.59. The van der Waals surface area contributed by atoms with Crippen molar-refractivity contribution in [3.8, 4) is 11.4 Å². The summed E-state index contributed by atoms with van der Waals surface area (Å²) in [6, 6.07) is 12.8. The van der Waals surface area contributed by atoms with E-state index < -0.39 is 18.0 Å². The smallest absolute Gasteiger partial charge is 0.263 e. The van der Waals surface area contributed by atoms with Gasteiger partial charge in [-0.2, -0.15) is 10.1 Å². The van der Waals surface area contributed by atoms with E-state index in [1.54, 1.807) is 24.3 Å². The Balaban J connectivity index is 1.36. The summed E-state index contributed by atoms with van der Waals surface area (Å²) in [5, 5.41) is 13.9. The van der Waals surface area contributed by atoms with Gasteiger partial charge < -0.3 is 4.52 Å². The molecule has 1 saturated heterocycles. The Bertz CT molecular complexity index is 1190. The number of aryl methyl sites for hydroxylation is 1. The van der Waals surface area contributed by atoms with Gasteiger partial charge in [-0.3, -0.25) is 14.6 Å². The van der Waals surface area contributed by atoms with E-state index in [0.29, 0.717) is 22.1 Å². The molecule has 156 valence electrons. The van der Waals surface area contributed by atoms with Gasteiger partial charge in [0.1, 0.15) is 6.54 Å². The lowest BCUT2D eigenvalue weighted by molar-refractivity contribution is -0.123. The second kappa shape index (κ2) is 7.59. The van der Waals surface area contributed by atoms with Crippen LogP contribution < -0.4 is 4.90 Å². The molecule has 2 aliphatic heterocycles. The van der Waals surface area contributed by atoms with E-state index in [-0.39, 0.29) is 18.3 Å². The number of carbonyl (C=O) groups is 2. The molecule has 31 heavy (non-hydrogen) atoms. The second-order valence-electron chi connectivity index (χ2n) is 7.22. The molecule has 10 heteroatoms. The molecule has 2 amide bonds. The lowest BCUT2D eigenvalue weighted by Gasteiger charge is -2.19. The Morgan fingerprint density at radius 3 is 2.58 bits per heavy atom. The molecule has 2 unspecified atom stereocenters. The zero-order valence-corrected chi connectivity index (χ0v) is 17.2. The first-order valence-electron chi connectivity index (χ1n) is 9.78. The molecule has 5 rings (SSSR count). The zero-order valence-electron chi connectivity index (χ0n) is 16.5. The highest BCUT2D eigenvalue weighted by Gasteiger charge is 2.55. The number of benzene rings is 2. The molecular weight excluding hydrogens is 420 g/mol. The SMILES string of the molecule is CCc1ccc(N2C(=O)C3N=NN(Cc4nc(-c5ccccc5Cl)no4)C3C2=O)cc1. The van der Waals surface area contributed by atoms with Crippen LogP contribution >= 0.6 is 11.6 Å². The Morgan fingerprint density at radius 2 is 1.84 bits per heavy atom. The third kappa shape index (κ3) is 3.27. The summed E-state index contributed by atoms with van der Waals surface area (Å²) < 4.78 is 5.31. The van der Waals surface area contributed by atoms with Gasteiger partial charge in [0.05, 0.1) is 10.7 Å². The zero-order chi connectivity index (χ0) is 21.5. The van der Waals surface area contributed by atoms with E-state index in [9.17, 15) is 9.59 Å². The number of carbonyl (C=O) groups excluding carboxylic acids is 2. The van der Waals surface area contributed by atoms with Crippen LogP contribution in [0.25, 0.3) is 11.4 Å². The molecular formula is C21H17ClN6O3. The highest BCUT2D eigenvalue weighted by Crippen LogP contribution is 2.33. The summed E-state index contributed by atoms with van der Waals surface area (Å²) in [5.41, 5.74) is 2.28. The van der Waals surface area contributed by atoms with Crippen molar-refractivity contribution < 1.29 is 14.1 Å². The Kier molecular flexibility index (Phi) is 4.74. The summed E-state index contributed by atoms with van der Waals surface area (Å²) in [5.74, 6) is -0.205. The number of amides is 2. The van der Waals surface area contributed by atoms with Gasteiger partial charge in [0.25, 0.3) is 11.8 Å². The van der Waals surface area contributed by atoms with Crippen LogP contribution in [-0.2, 0) is 22.6 Å². The predicted molar refractivity (Wildman–Crippen MR) is 111 cm³/mol. The summed E-state index contributed by atoms with van der Waals surface area (Å²) in [4.78, 5) is 31.4. The van der Waals surface area contributed by atoms with Crippen molar-refractivity contribution in [3.63, 3.8) is 0 Å². The summed E-state index contributed by atoms with van der Waals surface area (Å²) in [6.07, 6.45) is 0.871. The van der Waals surface area contributed by atoms with Crippen molar-refractivity contribution in [1.82, 2.24) is 15.1 Å². The summed E-state index contributed by atoms with van der Waals surface area (Å²) in [7, 11) is 0. The normalized spacial score (nSPS) is 20.1. The maximum Gasteiger partial charge on any atom is 0.263 e. The minimum Gasteiger partial charge on any atom is -0.337 e. The monoisotopic (exact) mass is 436 g/mol. The topological polar surface area (TPSA) is 104 Å². The fourth-order valence-electron chi connectivity index (χ4n) is 3.70. The fourth-order valence-corrected chi connectivity index (χ4v) is 3.92. The fraction of sp³-hybridized carbons (Fsp3) is 0.238. The van der Waals surface area contributed by atoms with E-state index in [0.717, 1.165) is 12.0 Å². The van der Waals surface area contributed by atoms with Gasteiger partial charge in [-0.15, -0.1) is 0 Å². The van der Waals surface area contributed by atoms with E-state index >= 15 is 0 Å². The van der Waals surface area contributed by atoms with Gasteiger partial charge in [-0.05, 0) is 36.2 Å². The molecule has 1 aromatic heterocycles. The van der Waals surface area contributed by atoms with Gasteiger partial charge in [-0.25, -0.2) is 4.90 Å². The molecule has 3 aromatic rings. The minimum atomic E-state index is -0.885. The van der Waals surface area contributed by atoms with Gasteiger partial charge in [0, 0.05) is 5.56 Å². The van der Waals surface area contributed by atoms with Crippen molar-refractivity contribution in [3.05, 3.63) is 65.0 Å². The lowest BCUT2D eigenvalue weighted by atomic mass is 10.1. The van der Waals surface area contributed by atoms with Crippen LogP contribution in [-0.4, -0.2) is 39.0 Å². The van der Waals surface area contributed by atoms with Crippen molar-refractivity contribution >= 4 is 29.1 Å². The number of rotatable bonds is 5. The molecule has 1 fully saturated rings. The first-order valence-corrected chi connectivity index (χ1v) is 10.2. The first-order chi connectivity index (χ1) is 15.1. The predicted octanol–water partition coefficient (Wildman–Crippen LogP) is 3.45. The number of halogens is 1. The van der Waals surface area contributed by atoms with Crippen LogP contribution in [0.15, 0.2) is 63.4 Å². The number of hydrogen-bond donors (Lipinski definition) is 0. The van der Waals surface area contributed by atoms with E-state index in [1.807, 2.05) is 31.2 Å². The number of nitrogens with zero attached hydrogens (tertiary/aromatic N) is 6. The van der Waals surface area contributed by atoms with Crippen molar-refractivity contribution in [2.24, 2.45) is 10.3 Å². The van der Waals surface area contributed by atoms with Crippen LogP contribution in [0.5, 0.6) is 0 Å². The molecule has 9 nitrogen and oxygen atoms in total. The molecule has 2 aliphatic rings. The van der Waals surface area contributed by atoms with Crippen LogP contribution in [0.1, 0.15) is 18.4 Å². The number of aromatic nitrogens is 2. The molecule has 2 aromatic carbocycles. The number of anilines is 1. The second-order valence-corrected chi connectivity index (χ2v) is 7.62. The van der Waals surface area contributed by atoms with E-state index in [2.05, 4.69) is 20.5 Å². The highest BCUT2D eigenvalue weighted by molar-refractivity contribution is 6.33. The molecule has 0 spiro atoms. The van der Waals surface area contributed by atoms with E-state index in [4.69, 9.17) is 16.1 Å². The third-order valence-electron chi connectivity index (χ3n) is 5.34. The molecule has 2 atom stereocenters. The average molecular weight is 437 g/mol. The van der Waals surface area contributed by atoms with E-state index in [1.165, 1.54) is 9.91 Å². The van der Waals surface area contributed by atoms with Gasteiger partial charge in [-0.1, -0.05) is 53.2 Å². The quantitative estimate of drug-likeness (QED) is 0.567. The van der Waals surface area contributed by atoms with Crippen LogP contribution in [0.3, 0.4) is 0 Å². The van der Waals surface area contributed by atoms with Gasteiger partial charge >= 0.3 is 0 Å². The Labute approximate surface area is 182 Å². The van der Waals surface area contributed by atoms with Crippen LogP contribution in [0.2, 0.25) is 5.02 Å². The van der Waals surface area contributed by atoms with Crippen molar-refractivity contribution in [1.29, 1.82) is 0 Å². The number of fused-ring (bicyclic) bond motifs is 1. The first kappa shape index (κ1) is 19.4. The maximum atomic E-state index is 13.1. The maximum absolute atomic E-state index is 13.1. The lowest BCUT2D eigenvalue weighted by Crippen LogP contribution is -2.39. The molecule has 0 N–H and O–H groups in total. The molecule has 0 bridgehead atoms. The molecule has 3 heterocycles. The van der Waals surface area contributed by atoms with Crippen LogP contribution in [0.4, 0.5) is 5.69 Å². The highest BCUT2D eigenvalue weighted by atomic mass is 35.5. The molecule has 0 radical (unpaired) electrons. The molecule has 0 aliphatic carbocycles. The Morgan fingerprint density at radius 1 is 1.06 bits per heavy atom. The van der Waals surface area contributed by atoms with Gasteiger partial charge in [0.2, 0.25) is 11.7 Å². The van der Waals surface area contributed by atoms with Crippen molar-refractivity contribution in [2.45, 2.75) is 32.0 Å². The summed E-state index contributed by atoms with van der Waals surface area (Å²) in [6.45, 7) is 2.09. The van der Waals surface area contributed by atoms with Crippen LogP contribution in [0, 0.1) is 0 Å². The third-order valence-corrected chi connectivity index (χ3v) is 5.67. The van der Waals surface area contributed by atoms with Crippen molar-refractivity contribution in [2.75, 3.05) is 4.90 Å². The number of hydrogen-bond acceptors (Lipinski definition) is 8. The minimum absolute atomic E-state index is 0.0454. The molecule has 0 saturated carbocycles. The number of imide groups is 1. The largest absolute Gasteiger partial charge is 0.337 e.